The van der Waals surface area contributed by atoms with Crippen LogP contribution in [-0.4, -0.2) is 74.3 Å². The molecule has 3 heterocycles. The number of rotatable bonds is 10. The summed E-state index contributed by atoms with van der Waals surface area (Å²) in [6.45, 7) is 0. The molecule has 12 heteroatoms. The second kappa shape index (κ2) is 13.6. The zero-order valence-corrected chi connectivity index (χ0v) is 27.2. The third kappa shape index (κ3) is 5.58. The molecule has 7 rings (SSSR count). The normalized spacial score (nSPS) is 19.6. The summed E-state index contributed by atoms with van der Waals surface area (Å²) in [5.74, 6) is 0.726. The fraction of sp³-hybridized carbons (Fsp3) is 0.211. The highest BCUT2D eigenvalue weighted by molar-refractivity contribution is 5.89. The van der Waals surface area contributed by atoms with Crippen LogP contribution in [0.5, 0.6) is 11.5 Å². The van der Waals surface area contributed by atoms with Crippen molar-refractivity contribution >= 4 is 23.0 Å². The van der Waals surface area contributed by atoms with Crippen molar-refractivity contribution in [1.82, 2.24) is 19.5 Å². The van der Waals surface area contributed by atoms with E-state index in [9.17, 15) is 15.0 Å². The minimum absolute atomic E-state index is 0.148. The molecule has 1 saturated heterocycles. The number of aliphatic hydroxyl groups excluding tert-OH is 2. The van der Waals surface area contributed by atoms with Crippen LogP contribution in [0.15, 0.2) is 122 Å². The Morgan fingerprint density at radius 1 is 0.780 bits per heavy atom. The molecule has 12 nitrogen and oxygen atoms in total. The summed E-state index contributed by atoms with van der Waals surface area (Å²) >= 11 is 0. The number of imidazole rings is 1. The first kappa shape index (κ1) is 32.7. The van der Waals surface area contributed by atoms with E-state index in [2.05, 4.69) is 15.0 Å². The standard InChI is InChI=1S/C38H35N5O7/c1-47-27-17-13-25(14-18-27)38(24-11-7-4-8-12-24,26-15-19-28(48-2)20-16-26)33(50-37(46)23-9-5-3-6-10-23)32-30(44)31(45)36(49-32)43-22-42-29-34(39)40-21-41-35(29)43/h3-22,30-33,36,44-45H,1-2H3,(H2,39,40,41)/t30?,31-,32+,33?,36-/m1/s1. The van der Waals surface area contributed by atoms with Gasteiger partial charge in [-0.2, -0.15) is 0 Å². The number of carbonyl (C=O) groups is 1. The predicted molar refractivity (Wildman–Crippen MR) is 184 cm³/mol. The molecule has 1 fully saturated rings. The van der Waals surface area contributed by atoms with Gasteiger partial charge in [0.25, 0.3) is 0 Å². The van der Waals surface area contributed by atoms with Gasteiger partial charge in [-0.1, -0.05) is 72.8 Å². The van der Waals surface area contributed by atoms with Gasteiger partial charge in [-0.15, -0.1) is 0 Å². The predicted octanol–water partition coefficient (Wildman–Crippen LogP) is 4.31. The number of aliphatic hydroxyl groups is 2. The minimum Gasteiger partial charge on any atom is -0.497 e. The van der Waals surface area contributed by atoms with Gasteiger partial charge in [0, 0.05) is 0 Å². The number of ether oxygens (including phenoxy) is 4. The number of fused-ring (bicyclic) bond motifs is 1. The first-order chi connectivity index (χ1) is 24.4. The van der Waals surface area contributed by atoms with E-state index in [-0.39, 0.29) is 5.82 Å². The first-order valence-corrected chi connectivity index (χ1v) is 15.9. The number of nitrogen functional groups attached to an aromatic ring is 1. The average Bonchev–Trinajstić information content (AvgIpc) is 3.73. The van der Waals surface area contributed by atoms with Crippen molar-refractivity contribution < 1.29 is 34.0 Å². The van der Waals surface area contributed by atoms with Crippen LogP contribution in [-0.2, 0) is 14.9 Å². The maximum absolute atomic E-state index is 14.2. The largest absolute Gasteiger partial charge is 0.497 e. The summed E-state index contributed by atoms with van der Waals surface area (Å²) in [6.07, 6.45) is -4.12. The molecule has 4 N–H and O–H groups in total. The van der Waals surface area contributed by atoms with Crippen LogP contribution in [0.3, 0.4) is 0 Å². The molecule has 0 spiro atoms. The molecule has 50 heavy (non-hydrogen) atoms. The Hall–Kier alpha value is -5.82. The monoisotopic (exact) mass is 673 g/mol. The van der Waals surface area contributed by atoms with Crippen LogP contribution in [0.25, 0.3) is 11.2 Å². The maximum Gasteiger partial charge on any atom is 0.338 e. The molecule has 2 aromatic heterocycles. The molecule has 6 aromatic rings. The lowest BCUT2D eigenvalue weighted by Crippen LogP contribution is -2.54. The van der Waals surface area contributed by atoms with Gasteiger partial charge < -0.3 is 34.9 Å². The first-order valence-electron chi connectivity index (χ1n) is 15.9. The minimum atomic E-state index is -1.55. The summed E-state index contributed by atoms with van der Waals surface area (Å²) < 4.78 is 25.7. The highest BCUT2D eigenvalue weighted by Crippen LogP contribution is 2.49. The Bertz CT molecular complexity index is 2030. The molecule has 2 unspecified atom stereocenters. The number of esters is 1. The number of aromatic nitrogens is 4. The van der Waals surface area contributed by atoms with Crippen molar-refractivity contribution in [2.45, 2.75) is 36.1 Å². The van der Waals surface area contributed by atoms with Gasteiger partial charge in [0.15, 0.2) is 17.7 Å². The second-order valence-corrected chi connectivity index (χ2v) is 11.9. The number of anilines is 1. The molecule has 1 aliphatic heterocycles. The van der Waals surface area contributed by atoms with Crippen LogP contribution in [0.4, 0.5) is 5.82 Å². The number of nitrogens with zero attached hydrogens (tertiary/aromatic N) is 4. The molecular weight excluding hydrogens is 638 g/mol. The van der Waals surface area contributed by atoms with Crippen LogP contribution < -0.4 is 15.2 Å². The Labute approximate surface area is 287 Å². The van der Waals surface area contributed by atoms with Crippen LogP contribution >= 0.6 is 0 Å². The van der Waals surface area contributed by atoms with Crippen molar-refractivity contribution in [3.05, 3.63) is 144 Å². The number of hydrogen-bond donors (Lipinski definition) is 3. The van der Waals surface area contributed by atoms with Crippen LogP contribution in [0, 0.1) is 0 Å². The lowest BCUT2D eigenvalue weighted by Gasteiger charge is -2.44. The summed E-state index contributed by atoms with van der Waals surface area (Å²) in [6, 6.07) is 32.9. The average molecular weight is 674 g/mol. The summed E-state index contributed by atoms with van der Waals surface area (Å²) in [5, 5.41) is 23.6. The molecule has 1 aliphatic rings. The van der Waals surface area contributed by atoms with Gasteiger partial charge in [-0.05, 0) is 53.1 Å². The van der Waals surface area contributed by atoms with Crippen molar-refractivity contribution in [2.24, 2.45) is 0 Å². The summed E-state index contributed by atoms with van der Waals surface area (Å²) in [4.78, 5) is 26.8. The highest BCUT2D eigenvalue weighted by Gasteiger charge is 2.58. The van der Waals surface area contributed by atoms with E-state index < -0.39 is 42.0 Å². The lowest BCUT2D eigenvalue weighted by molar-refractivity contribution is -0.104. The van der Waals surface area contributed by atoms with Crippen LogP contribution in [0.2, 0.25) is 0 Å². The third-order valence-corrected chi connectivity index (χ3v) is 9.22. The van der Waals surface area contributed by atoms with E-state index in [4.69, 9.17) is 24.7 Å². The number of hydrogen-bond acceptors (Lipinski definition) is 11. The van der Waals surface area contributed by atoms with Gasteiger partial charge in [-0.3, -0.25) is 4.57 Å². The zero-order chi connectivity index (χ0) is 34.8. The number of methoxy groups -OCH3 is 2. The lowest BCUT2D eigenvalue weighted by atomic mass is 9.63. The van der Waals surface area contributed by atoms with E-state index in [0.29, 0.717) is 39.4 Å². The summed E-state index contributed by atoms with van der Waals surface area (Å²) in [7, 11) is 3.16. The van der Waals surface area contributed by atoms with Gasteiger partial charge in [0.1, 0.15) is 47.8 Å². The zero-order valence-electron chi connectivity index (χ0n) is 27.2. The van der Waals surface area contributed by atoms with Gasteiger partial charge >= 0.3 is 5.97 Å². The molecule has 0 bridgehead atoms. The van der Waals surface area contributed by atoms with E-state index in [0.717, 1.165) is 5.56 Å². The summed E-state index contributed by atoms with van der Waals surface area (Å²) in [5.41, 5.74) is 7.73. The fourth-order valence-electron chi connectivity index (χ4n) is 6.78. The SMILES string of the molecule is COc1ccc(C(c2ccccc2)(c2ccc(OC)cc2)C(OC(=O)c2ccccc2)[C@H]2O[C@@H](n3cnc4c(N)ncnc43)[C@H](O)C2O)cc1. The quantitative estimate of drug-likeness (QED) is 0.140. The molecular formula is C38H35N5O7. The van der Waals surface area contributed by atoms with Crippen molar-refractivity contribution in [2.75, 3.05) is 20.0 Å². The molecule has 4 aromatic carbocycles. The third-order valence-electron chi connectivity index (χ3n) is 9.22. The Morgan fingerprint density at radius 3 is 1.92 bits per heavy atom. The van der Waals surface area contributed by atoms with Gasteiger partial charge in [0.05, 0.1) is 31.5 Å². The molecule has 0 amide bonds. The topological polar surface area (TPSA) is 164 Å². The van der Waals surface area contributed by atoms with Crippen molar-refractivity contribution in [3.63, 3.8) is 0 Å². The molecule has 254 valence electrons. The molecule has 0 radical (unpaired) electrons. The second-order valence-electron chi connectivity index (χ2n) is 11.9. The van der Waals surface area contributed by atoms with Crippen molar-refractivity contribution in [1.29, 1.82) is 0 Å². The van der Waals surface area contributed by atoms with Gasteiger partial charge in [-0.25, -0.2) is 19.7 Å². The van der Waals surface area contributed by atoms with E-state index in [1.807, 2.05) is 78.9 Å². The highest BCUT2D eigenvalue weighted by atomic mass is 16.6. The maximum atomic E-state index is 14.2. The van der Waals surface area contributed by atoms with E-state index in [1.165, 1.54) is 17.2 Å². The van der Waals surface area contributed by atoms with Crippen molar-refractivity contribution in [3.8, 4) is 11.5 Å². The Balaban J connectivity index is 1.48. The number of carbonyl (C=O) groups excluding carboxylic acids is 1. The molecule has 5 atom stereocenters. The Morgan fingerprint density at radius 2 is 1.34 bits per heavy atom. The van der Waals surface area contributed by atoms with Crippen LogP contribution in [0.1, 0.15) is 33.3 Å². The van der Waals surface area contributed by atoms with E-state index in [1.54, 1.807) is 44.6 Å². The molecule has 0 saturated carbocycles. The van der Waals surface area contributed by atoms with Gasteiger partial charge in [0.2, 0.25) is 0 Å². The smallest absolute Gasteiger partial charge is 0.338 e. The van der Waals surface area contributed by atoms with E-state index >= 15 is 0 Å². The Kier molecular flexibility index (Phi) is 8.89. The number of nitrogens with two attached hydrogens (primary N) is 1. The number of benzene rings is 4. The fourth-order valence-corrected chi connectivity index (χ4v) is 6.78. The molecule has 0 aliphatic carbocycles.